The molecule has 176 valence electrons. The molecule has 4 aliphatic rings. The fourth-order valence-corrected chi connectivity index (χ4v) is 4.67. The van der Waals surface area contributed by atoms with E-state index in [9.17, 15) is 4.79 Å². The molecule has 9 nitrogen and oxygen atoms in total. The van der Waals surface area contributed by atoms with Crippen molar-refractivity contribution in [2.75, 3.05) is 32.7 Å². The maximum absolute atomic E-state index is 12.1. The summed E-state index contributed by atoms with van der Waals surface area (Å²) in [6.45, 7) is 12.1. The smallest absolute Gasteiger partial charge is 0.234 e. The Hall–Kier alpha value is -2.36. The molecule has 4 N–H and O–H groups in total. The second-order valence-electron chi connectivity index (χ2n) is 9.47. The summed E-state index contributed by atoms with van der Waals surface area (Å²) in [5.74, 6) is 1.43. The van der Waals surface area contributed by atoms with E-state index in [-0.39, 0.29) is 30.3 Å². The fraction of sp³-hybridized carbons (Fsp3) is 0.652. The SMILES string of the molecule is CC(C)NC(=O)CN1CCN(C2C=C([C@@H]3NNC4=CC=C(OC(C)C)C[C@@H]43)NC=N2)CC1. The van der Waals surface area contributed by atoms with Gasteiger partial charge in [0.2, 0.25) is 5.91 Å². The number of nitrogens with zero attached hydrogens (tertiary/aromatic N) is 3. The Morgan fingerprint density at radius 1 is 1.19 bits per heavy atom. The number of allylic oxidation sites excluding steroid dienone is 3. The van der Waals surface area contributed by atoms with E-state index in [0.29, 0.717) is 12.5 Å². The minimum atomic E-state index is 0.0123. The highest BCUT2D eigenvalue weighted by atomic mass is 16.5. The number of hydrogen-bond donors (Lipinski definition) is 4. The first-order valence-electron chi connectivity index (χ1n) is 11.7. The first-order chi connectivity index (χ1) is 15.4. The van der Waals surface area contributed by atoms with Crippen molar-refractivity contribution in [1.29, 1.82) is 0 Å². The molecule has 0 saturated carbocycles. The van der Waals surface area contributed by atoms with Gasteiger partial charge in [-0.05, 0) is 45.9 Å². The van der Waals surface area contributed by atoms with Crippen LogP contribution in [0.1, 0.15) is 34.1 Å². The molecule has 1 aliphatic carbocycles. The summed E-state index contributed by atoms with van der Waals surface area (Å²) in [6.07, 6.45) is 9.28. The molecule has 0 aromatic rings. The summed E-state index contributed by atoms with van der Waals surface area (Å²) >= 11 is 0. The van der Waals surface area contributed by atoms with Crippen molar-refractivity contribution in [3.05, 3.63) is 35.4 Å². The highest BCUT2D eigenvalue weighted by Gasteiger charge is 2.37. The van der Waals surface area contributed by atoms with Crippen LogP contribution in [-0.4, -0.2) is 79.1 Å². The number of ether oxygens (including phenoxy) is 1. The molecule has 1 unspecified atom stereocenters. The van der Waals surface area contributed by atoms with Gasteiger partial charge in [0.25, 0.3) is 0 Å². The van der Waals surface area contributed by atoms with Crippen molar-refractivity contribution in [1.82, 2.24) is 31.3 Å². The molecule has 3 aliphatic heterocycles. The number of rotatable bonds is 7. The van der Waals surface area contributed by atoms with Crippen molar-refractivity contribution in [3.63, 3.8) is 0 Å². The first kappa shape index (κ1) is 22.8. The molecule has 4 rings (SSSR count). The fourth-order valence-electron chi connectivity index (χ4n) is 4.67. The van der Waals surface area contributed by atoms with E-state index in [0.717, 1.165) is 44.1 Å². The van der Waals surface area contributed by atoms with E-state index in [1.54, 1.807) is 0 Å². The Morgan fingerprint density at radius 3 is 2.69 bits per heavy atom. The minimum Gasteiger partial charge on any atom is -0.495 e. The number of nitrogens with one attached hydrogen (secondary N) is 4. The Kier molecular flexibility index (Phi) is 7.17. The maximum Gasteiger partial charge on any atom is 0.234 e. The Balaban J connectivity index is 1.33. The lowest BCUT2D eigenvalue weighted by atomic mass is 9.88. The van der Waals surface area contributed by atoms with Gasteiger partial charge in [0.1, 0.15) is 6.17 Å². The number of carbonyl (C=O) groups is 1. The number of hydrazine groups is 1. The standard InChI is InChI=1S/C23H37N7O2/c1-15(2)26-22(31)13-29-7-9-30(10-8-29)21-12-20(24-14-25-21)23-18-11-17(32-16(3)4)5-6-19(18)27-28-23/h5-6,12,14-16,18,21,23,27-28H,7-11,13H2,1-4H3,(H,24,25)(H,26,31)/t18-,21?,23+/m0/s1. The molecular formula is C23H37N7O2. The number of carbonyl (C=O) groups excluding carboxylic acids is 1. The zero-order valence-corrected chi connectivity index (χ0v) is 19.6. The summed E-state index contributed by atoms with van der Waals surface area (Å²) in [6, 6.07) is 0.314. The lowest BCUT2D eigenvalue weighted by Gasteiger charge is -2.38. The number of fused-ring (bicyclic) bond motifs is 1. The average molecular weight is 444 g/mol. The predicted molar refractivity (Wildman–Crippen MR) is 125 cm³/mol. The molecule has 0 radical (unpaired) electrons. The Morgan fingerprint density at radius 2 is 1.97 bits per heavy atom. The normalized spacial score (nSPS) is 28.4. The van der Waals surface area contributed by atoms with Crippen LogP contribution in [0, 0.1) is 5.92 Å². The van der Waals surface area contributed by atoms with E-state index in [1.165, 1.54) is 5.70 Å². The zero-order chi connectivity index (χ0) is 22.7. The first-order valence-corrected chi connectivity index (χ1v) is 11.7. The van der Waals surface area contributed by atoms with Crippen LogP contribution in [0.15, 0.2) is 40.4 Å². The van der Waals surface area contributed by atoms with Crippen LogP contribution in [0.3, 0.4) is 0 Å². The molecule has 3 heterocycles. The molecule has 3 atom stereocenters. The van der Waals surface area contributed by atoms with Crippen LogP contribution >= 0.6 is 0 Å². The highest BCUT2D eigenvalue weighted by Crippen LogP contribution is 2.33. The van der Waals surface area contributed by atoms with E-state index in [1.807, 2.05) is 20.2 Å². The maximum atomic E-state index is 12.1. The average Bonchev–Trinajstić information content (AvgIpc) is 3.16. The van der Waals surface area contributed by atoms with Gasteiger partial charge in [-0.15, -0.1) is 0 Å². The van der Waals surface area contributed by atoms with E-state index in [4.69, 9.17) is 4.74 Å². The second-order valence-corrected chi connectivity index (χ2v) is 9.47. The third-order valence-electron chi connectivity index (χ3n) is 6.15. The van der Waals surface area contributed by atoms with Crippen LogP contribution in [0.25, 0.3) is 0 Å². The van der Waals surface area contributed by atoms with Gasteiger partial charge in [-0.25, -0.2) is 5.43 Å². The van der Waals surface area contributed by atoms with Crippen molar-refractivity contribution >= 4 is 12.2 Å². The summed E-state index contributed by atoms with van der Waals surface area (Å²) < 4.78 is 5.96. The summed E-state index contributed by atoms with van der Waals surface area (Å²) in [5.41, 5.74) is 9.11. The molecule has 0 aromatic carbocycles. The van der Waals surface area contributed by atoms with Crippen molar-refractivity contribution in [2.45, 2.75) is 58.5 Å². The molecule has 1 amide bonds. The summed E-state index contributed by atoms with van der Waals surface area (Å²) in [4.78, 5) is 21.3. The van der Waals surface area contributed by atoms with Gasteiger partial charge in [0, 0.05) is 56.0 Å². The van der Waals surface area contributed by atoms with Crippen molar-refractivity contribution in [2.24, 2.45) is 10.9 Å². The van der Waals surface area contributed by atoms with Crippen LogP contribution < -0.4 is 21.5 Å². The Labute approximate surface area is 191 Å². The highest BCUT2D eigenvalue weighted by molar-refractivity contribution is 5.78. The molecule has 0 spiro atoms. The minimum absolute atomic E-state index is 0.0123. The molecule has 9 heteroatoms. The van der Waals surface area contributed by atoms with Gasteiger partial charge in [0.05, 0.1) is 30.8 Å². The predicted octanol–water partition coefficient (Wildman–Crippen LogP) is 0.659. The van der Waals surface area contributed by atoms with Crippen LogP contribution in [0.2, 0.25) is 0 Å². The third-order valence-corrected chi connectivity index (χ3v) is 6.15. The summed E-state index contributed by atoms with van der Waals surface area (Å²) in [5, 5.41) is 6.33. The largest absolute Gasteiger partial charge is 0.495 e. The van der Waals surface area contributed by atoms with Gasteiger partial charge in [-0.3, -0.25) is 19.6 Å². The van der Waals surface area contributed by atoms with Crippen LogP contribution in [0.5, 0.6) is 0 Å². The number of piperazine rings is 1. The number of amides is 1. The van der Waals surface area contributed by atoms with Crippen LogP contribution in [0.4, 0.5) is 0 Å². The molecular weight excluding hydrogens is 406 g/mol. The van der Waals surface area contributed by atoms with Crippen molar-refractivity contribution < 1.29 is 9.53 Å². The van der Waals surface area contributed by atoms with Gasteiger partial charge >= 0.3 is 0 Å². The summed E-state index contributed by atoms with van der Waals surface area (Å²) in [7, 11) is 0. The van der Waals surface area contributed by atoms with E-state index >= 15 is 0 Å². The zero-order valence-electron chi connectivity index (χ0n) is 19.6. The molecule has 0 aromatic heterocycles. The van der Waals surface area contributed by atoms with Crippen molar-refractivity contribution in [3.8, 4) is 0 Å². The molecule has 32 heavy (non-hydrogen) atoms. The lowest BCUT2D eigenvalue weighted by molar-refractivity contribution is -0.123. The topological polar surface area (TPSA) is 93.3 Å². The molecule has 2 saturated heterocycles. The molecule has 2 fully saturated rings. The van der Waals surface area contributed by atoms with E-state index in [2.05, 4.69) is 68.4 Å². The quantitative estimate of drug-likeness (QED) is 0.459. The van der Waals surface area contributed by atoms with Gasteiger partial charge in [-0.2, -0.15) is 0 Å². The third kappa shape index (κ3) is 5.51. The van der Waals surface area contributed by atoms with Gasteiger partial charge < -0.3 is 20.8 Å². The van der Waals surface area contributed by atoms with Crippen LogP contribution in [-0.2, 0) is 9.53 Å². The second kappa shape index (κ2) is 10.1. The van der Waals surface area contributed by atoms with Gasteiger partial charge in [0.15, 0.2) is 0 Å². The number of aliphatic imine (C=N–C) groups is 1. The lowest BCUT2D eigenvalue weighted by Crippen LogP contribution is -2.53. The number of hydrogen-bond acceptors (Lipinski definition) is 8. The molecule has 0 bridgehead atoms. The van der Waals surface area contributed by atoms with E-state index < -0.39 is 0 Å². The monoisotopic (exact) mass is 443 g/mol. The van der Waals surface area contributed by atoms with Gasteiger partial charge in [-0.1, -0.05) is 0 Å². The Bertz CT molecular complexity index is 809.